The molecule has 0 fully saturated rings. The summed E-state index contributed by atoms with van der Waals surface area (Å²) < 4.78 is 0.287. The van der Waals surface area contributed by atoms with E-state index in [2.05, 4.69) is 30.3 Å². The van der Waals surface area contributed by atoms with Gasteiger partial charge in [-0.3, -0.25) is 0 Å². The maximum Gasteiger partial charge on any atom is 0.102 e. The number of benzene rings is 2. The minimum Gasteiger partial charge on any atom is -0.197 e. The van der Waals surface area contributed by atoms with Crippen molar-refractivity contribution in [3.63, 3.8) is 0 Å². The number of hydrogen-bond donors (Lipinski definition) is 0. The molecule has 0 N–H and O–H groups in total. The van der Waals surface area contributed by atoms with Crippen molar-refractivity contribution in [2.24, 2.45) is 0 Å². The summed E-state index contributed by atoms with van der Waals surface area (Å²) in [7, 11) is 0. The van der Waals surface area contributed by atoms with Gasteiger partial charge in [0.2, 0.25) is 0 Å². The van der Waals surface area contributed by atoms with Gasteiger partial charge in [0.15, 0.2) is 0 Å². The smallest absolute Gasteiger partial charge is 0.102 e. The van der Waals surface area contributed by atoms with Gasteiger partial charge in [0.25, 0.3) is 0 Å². The lowest BCUT2D eigenvalue weighted by atomic mass is 10.1. The Morgan fingerprint density at radius 3 is 2.50 bits per heavy atom. The van der Waals surface area contributed by atoms with Crippen LogP contribution in [-0.2, 0) is 0 Å². The number of hydrogen-bond acceptors (Lipinski definition) is 3. The van der Waals surface area contributed by atoms with E-state index in [1.807, 2.05) is 32.0 Å². The summed E-state index contributed by atoms with van der Waals surface area (Å²) in [4.78, 5) is 0. The van der Waals surface area contributed by atoms with E-state index in [-0.39, 0.29) is 0 Å². The summed E-state index contributed by atoms with van der Waals surface area (Å²) in [6.45, 7) is 3.76. The van der Waals surface area contributed by atoms with Gasteiger partial charge in [-0.2, -0.15) is 5.26 Å². The molecule has 0 radical (unpaired) electrons. The van der Waals surface area contributed by atoms with Crippen LogP contribution < -0.4 is 0 Å². The SMILES string of the molecule is CC(C)(C#N)SC(=S)c1ccc2ccccc2c1. The fourth-order valence-electron chi connectivity index (χ4n) is 1.63. The maximum atomic E-state index is 9.03. The molecule has 18 heavy (non-hydrogen) atoms. The molecular formula is C15H13NS2. The lowest BCUT2D eigenvalue weighted by molar-refractivity contribution is 0.921. The first-order valence-electron chi connectivity index (χ1n) is 5.65. The van der Waals surface area contributed by atoms with Gasteiger partial charge in [-0.15, -0.1) is 0 Å². The Labute approximate surface area is 117 Å². The summed E-state index contributed by atoms with van der Waals surface area (Å²) in [6.07, 6.45) is 0. The molecular weight excluding hydrogens is 258 g/mol. The topological polar surface area (TPSA) is 23.8 Å². The van der Waals surface area contributed by atoms with Crippen molar-refractivity contribution >= 4 is 38.9 Å². The van der Waals surface area contributed by atoms with Crippen LogP contribution in [0.5, 0.6) is 0 Å². The zero-order valence-corrected chi connectivity index (χ0v) is 11.9. The summed E-state index contributed by atoms with van der Waals surface area (Å²) in [5.41, 5.74) is 1.01. The zero-order valence-electron chi connectivity index (χ0n) is 10.3. The van der Waals surface area contributed by atoms with Crippen LogP contribution in [0.25, 0.3) is 10.8 Å². The molecule has 0 aliphatic heterocycles. The van der Waals surface area contributed by atoms with Gasteiger partial charge < -0.3 is 0 Å². The van der Waals surface area contributed by atoms with E-state index < -0.39 is 4.75 Å². The van der Waals surface area contributed by atoms with Crippen LogP contribution in [-0.4, -0.2) is 8.94 Å². The van der Waals surface area contributed by atoms with Crippen molar-refractivity contribution < 1.29 is 0 Å². The van der Waals surface area contributed by atoms with Crippen molar-refractivity contribution in [3.05, 3.63) is 48.0 Å². The molecule has 0 saturated carbocycles. The Kier molecular flexibility index (Phi) is 3.70. The molecule has 0 saturated heterocycles. The molecule has 0 amide bonds. The highest BCUT2D eigenvalue weighted by Gasteiger charge is 2.20. The number of fused-ring (bicyclic) bond motifs is 1. The van der Waals surface area contributed by atoms with Crippen LogP contribution in [0.3, 0.4) is 0 Å². The van der Waals surface area contributed by atoms with Crippen LogP contribution >= 0.6 is 24.0 Å². The fraction of sp³-hybridized carbons (Fsp3) is 0.200. The predicted octanol–water partition coefficient (Wildman–Crippen LogP) is 4.55. The van der Waals surface area contributed by atoms with E-state index in [9.17, 15) is 0 Å². The molecule has 90 valence electrons. The van der Waals surface area contributed by atoms with E-state index in [0.29, 0.717) is 0 Å². The second kappa shape index (κ2) is 5.09. The largest absolute Gasteiger partial charge is 0.197 e. The first-order chi connectivity index (χ1) is 8.52. The molecule has 0 bridgehead atoms. The number of thiocarbonyl (C=S) groups is 1. The molecule has 0 atom stereocenters. The molecule has 0 spiro atoms. The first-order valence-corrected chi connectivity index (χ1v) is 6.88. The van der Waals surface area contributed by atoms with Crippen LogP contribution in [0.1, 0.15) is 19.4 Å². The third kappa shape index (κ3) is 2.90. The lowest BCUT2D eigenvalue weighted by Gasteiger charge is -2.15. The van der Waals surface area contributed by atoms with E-state index in [4.69, 9.17) is 17.5 Å². The van der Waals surface area contributed by atoms with Gasteiger partial charge in [-0.25, -0.2) is 0 Å². The van der Waals surface area contributed by atoms with Crippen molar-refractivity contribution in [3.8, 4) is 6.07 Å². The molecule has 0 aliphatic carbocycles. The Morgan fingerprint density at radius 2 is 1.83 bits per heavy atom. The standard InChI is InChI=1S/C15H13NS2/c1-15(2,10-16)18-14(17)13-8-7-11-5-3-4-6-12(11)9-13/h3-9H,1-2H3. The number of rotatable bonds is 2. The van der Waals surface area contributed by atoms with Gasteiger partial charge in [-0.1, -0.05) is 60.4 Å². The van der Waals surface area contributed by atoms with E-state index in [0.717, 1.165) is 9.76 Å². The van der Waals surface area contributed by atoms with Crippen molar-refractivity contribution in [1.82, 2.24) is 0 Å². The summed E-state index contributed by atoms with van der Waals surface area (Å²) in [5.74, 6) is 0. The van der Waals surface area contributed by atoms with Crippen LogP contribution in [0.4, 0.5) is 0 Å². The number of nitrogens with zero attached hydrogens (tertiary/aromatic N) is 1. The molecule has 2 aromatic rings. The Bertz CT molecular complexity index is 638. The highest BCUT2D eigenvalue weighted by Crippen LogP contribution is 2.29. The summed E-state index contributed by atoms with van der Waals surface area (Å²) in [6, 6.07) is 16.6. The van der Waals surface area contributed by atoms with E-state index >= 15 is 0 Å². The van der Waals surface area contributed by atoms with Gasteiger partial charge in [0.05, 0.1) is 10.3 Å². The number of thioether (sulfide) groups is 1. The second-order valence-electron chi connectivity index (χ2n) is 4.57. The van der Waals surface area contributed by atoms with Crippen LogP contribution in [0.2, 0.25) is 0 Å². The molecule has 2 rings (SSSR count). The zero-order chi connectivity index (χ0) is 13.2. The van der Waals surface area contributed by atoms with Crippen molar-refractivity contribution in [1.29, 1.82) is 5.26 Å². The molecule has 2 aromatic carbocycles. The van der Waals surface area contributed by atoms with Gasteiger partial charge in [0, 0.05) is 0 Å². The van der Waals surface area contributed by atoms with Crippen LogP contribution in [0, 0.1) is 11.3 Å². The fourth-order valence-corrected chi connectivity index (χ4v) is 3.14. The third-order valence-corrected chi connectivity index (χ3v) is 4.11. The molecule has 0 aliphatic rings. The summed E-state index contributed by atoms with van der Waals surface area (Å²) >= 11 is 6.84. The van der Waals surface area contributed by atoms with Crippen molar-refractivity contribution in [2.45, 2.75) is 18.6 Å². The van der Waals surface area contributed by atoms with Gasteiger partial charge >= 0.3 is 0 Å². The van der Waals surface area contributed by atoms with E-state index in [1.54, 1.807) is 0 Å². The average Bonchev–Trinajstić information content (AvgIpc) is 2.37. The van der Waals surface area contributed by atoms with Gasteiger partial charge in [0.1, 0.15) is 4.75 Å². The quantitative estimate of drug-likeness (QED) is 0.749. The molecule has 0 heterocycles. The highest BCUT2D eigenvalue weighted by atomic mass is 32.2. The van der Waals surface area contributed by atoms with Gasteiger partial charge in [-0.05, 0) is 36.2 Å². The lowest BCUT2D eigenvalue weighted by Crippen LogP contribution is -2.13. The predicted molar refractivity (Wildman–Crippen MR) is 82.9 cm³/mol. The van der Waals surface area contributed by atoms with Crippen LogP contribution in [0.15, 0.2) is 42.5 Å². The monoisotopic (exact) mass is 271 g/mol. The molecule has 3 heteroatoms. The minimum absolute atomic E-state index is 0.483. The number of nitriles is 1. The second-order valence-corrected chi connectivity index (χ2v) is 6.87. The maximum absolute atomic E-state index is 9.03. The molecule has 0 aromatic heterocycles. The van der Waals surface area contributed by atoms with Crippen molar-refractivity contribution in [2.75, 3.05) is 0 Å². The molecule has 1 nitrogen and oxygen atoms in total. The average molecular weight is 271 g/mol. The highest BCUT2D eigenvalue weighted by molar-refractivity contribution is 8.24. The third-order valence-electron chi connectivity index (χ3n) is 2.60. The Balaban J connectivity index is 2.32. The normalized spacial score (nSPS) is 11.2. The Morgan fingerprint density at radius 1 is 1.17 bits per heavy atom. The Hall–Kier alpha value is -1.37. The first kappa shape index (κ1) is 13.1. The van der Waals surface area contributed by atoms with E-state index in [1.165, 1.54) is 22.5 Å². The minimum atomic E-state index is -0.483. The molecule has 0 unspecified atom stereocenters. The summed E-state index contributed by atoms with van der Waals surface area (Å²) in [5, 5.41) is 11.4.